The molecule has 1 aromatic carbocycles. The van der Waals surface area contributed by atoms with Gasteiger partial charge in [-0.25, -0.2) is 9.97 Å². The van der Waals surface area contributed by atoms with E-state index in [1.54, 1.807) is 0 Å². The number of aromatic nitrogens is 5. The number of rotatable bonds is 5. The molecule has 4 heterocycles. The number of benzene rings is 1. The second kappa shape index (κ2) is 9.02. The molecule has 1 atom stereocenters. The summed E-state index contributed by atoms with van der Waals surface area (Å²) in [4.78, 5) is 14.8. The summed E-state index contributed by atoms with van der Waals surface area (Å²) in [6.45, 7) is 9.00. The van der Waals surface area contributed by atoms with Gasteiger partial charge in [-0.15, -0.1) is 10.2 Å². The Morgan fingerprint density at radius 2 is 1.94 bits per heavy atom. The fraction of sp³-hybridized carbons (Fsp3) is 0.583. The van der Waals surface area contributed by atoms with Crippen LogP contribution in [0.25, 0.3) is 10.9 Å². The third kappa shape index (κ3) is 4.16. The summed E-state index contributed by atoms with van der Waals surface area (Å²) in [6, 6.07) is 6.72. The molecule has 2 aromatic heterocycles. The summed E-state index contributed by atoms with van der Waals surface area (Å²) in [5, 5.41) is 9.53. The number of nitrogens with zero attached hydrogens (tertiary/aromatic N) is 7. The second-order valence-electron chi connectivity index (χ2n) is 9.07. The standard InChI is InChI=1S/C24H33N7O/c1-4-32-20-7-8-22-21(14-20)17(2)26-24(27-22)30-12-9-19(10-13-30)31-11-5-6-18(15-31)23-28-25-16-29(23)3/h7-8,14,16,18-19H,4-6,9-13,15H2,1-3H3. The quantitative estimate of drug-likeness (QED) is 0.609. The number of ether oxygens (including phenoxy) is 1. The van der Waals surface area contributed by atoms with Gasteiger partial charge >= 0.3 is 0 Å². The van der Waals surface area contributed by atoms with E-state index in [0.29, 0.717) is 18.6 Å². The van der Waals surface area contributed by atoms with Crippen molar-refractivity contribution in [1.29, 1.82) is 0 Å². The highest BCUT2D eigenvalue weighted by Gasteiger charge is 2.31. The molecule has 32 heavy (non-hydrogen) atoms. The van der Waals surface area contributed by atoms with Crippen molar-refractivity contribution in [2.45, 2.75) is 51.5 Å². The van der Waals surface area contributed by atoms with Gasteiger partial charge in [0.25, 0.3) is 0 Å². The van der Waals surface area contributed by atoms with Gasteiger partial charge in [-0.1, -0.05) is 0 Å². The Bertz CT molecular complexity index is 1070. The molecule has 0 saturated carbocycles. The average molecular weight is 436 g/mol. The number of likely N-dealkylation sites (tertiary alicyclic amines) is 1. The van der Waals surface area contributed by atoms with Crippen LogP contribution in [0, 0.1) is 6.92 Å². The van der Waals surface area contributed by atoms with Crippen LogP contribution in [-0.2, 0) is 7.05 Å². The number of aryl methyl sites for hydroxylation is 2. The summed E-state index contributed by atoms with van der Waals surface area (Å²) in [7, 11) is 2.05. The Balaban J connectivity index is 1.25. The summed E-state index contributed by atoms with van der Waals surface area (Å²) in [6.07, 6.45) is 6.55. The summed E-state index contributed by atoms with van der Waals surface area (Å²) in [5.74, 6) is 3.34. The fourth-order valence-corrected chi connectivity index (χ4v) is 5.28. The predicted octanol–water partition coefficient (Wildman–Crippen LogP) is 3.31. The van der Waals surface area contributed by atoms with Gasteiger partial charge in [0.15, 0.2) is 0 Å². The number of piperidine rings is 2. The van der Waals surface area contributed by atoms with Crippen molar-refractivity contribution < 1.29 is 4.74 Å². The maximum absolute atomic E-state index is 5.64. The first-order chi connectivity index (χ1) is 15.6. The Morgan fingerprint density at radius 1 is 1.09 bits per heavy atom. The topological polar surface area (TPSA) is 72.2 Å². The van der Waals surface area contributed by atoms with Gasteiger partial charge in [0.2, 0.25) is 5.95 Å². The molecule has 0 radical (unpaired) electrons. The normalized spacial score (nSPS) is 20.7. The van der Waals surface area contributed by atoms with Crippen LogP contribution in [0.5, 0.6) is 5.75 Å². The first-order valence-corrected chi connectivity index (χ1v) is 11.9. The van der Waals surface area contributed by atoms with Crippen LogP contribution in [0.3, 0.4) is 0 Å². The van der Waals surface area contributed by atoms with Crippen molar-refractivity contribution in [3.8, 4) is 5.75 Å². The van der Waals surface area contributed by atoms with E-state index in [4.69, 9.17) is 14.7 Å². The number of hydrogen-bond acceptors (Lipinski definition) is 7. The largest absolute Gasteiger partial charge is 0.494 e. The van der Waals surface area contributed by atoms with Crippen molar-refractivity contribution >= 4 is 16.9 Å². The first kappa shape index (κ1) is 21.1. The number of anilines is 1. The number of hydrogen-bond donors (Lipinski definition) is 0. The molecular formula is C24H33N7O. The maximum Gasteiger partial charge on any atom is 0.226 e. The molecule has 3 aromatic rings. The van der Waals surface area contributed by atoms with Gasteiger partial charge in [0, 0.05) is 44.0 Å². The van der Waals surface area contributed by atoms with Crippen molar-refractivity contribution in [2.24, 2.45) is 7.05 Å². The van der Waals surface area contributed by atoms with E-state index < -0.39 is 0 Å². The van der Waals surface area contributed by atoms with Crippen LogP contribution < -0.4 is 9.64 Å². The van der Waals surface area contributed by atoms with Crippen LogP contribution in [0.1, 0.15) is 50.0 Å². The van der Waals surface area contributed by atoms with E-state index in [9.17, 15) is 0 Å². The number of fused-ring (bicyclic) bond motifs is 1. The Morgan fingerprint density at radius 3 is 2.69 bits per heavy atom. The van der Waals surface area contributed by atoms with Crippen molar-refractivity contribution in [3.05, 3.63) is 36.0 Å². The van der Waals surface area contributed by atoms with E-state index in [1.165, 1.54) is 19.4 Å². The third-order valence-electron chi connectivity index (χ3n) is 6.99. The Hall–Kier alpha value is -2.74. The lowest BCUT2D eigenvalue weighted by atomic mass is 9.93. The second-order valence-corrected chi connectivity index (χ2v) is 9.07. The fourth-order valence-electron chi connectivity index (χ4n) is 5.28. The molecule has 5 rings (SSSR count). The maximum atomic E-state index is 5.64. The molecule has 1 unspecified atom stereocenters. The highest BCUT2D eigenvalue weighted by atomic mass is 16.5. The molecular weight excluding hydrogens is 402 g/mol. The minimum atomic E-state index is 0.488. The van der Waals surface area contributed by atoms with Crippen LogP contribution in [0.2, 0.25) is 0 Å². The molecule has 2 aliphatic heterocycles. The molecule has 0 spiro atoms. The van der Waals surface area contributed by atoms with E-state index in [2.05, 4.69) is 38.5 Å². The molecule has 0 amide bonds. The zero-order valence-electron chi connectivity index (χ0n) is 19.4. The lowest BCUT2D eigenvalue weighted by Crippen LogP contribution is -2.48. The van der Waals surface area contributed by atoms with Crippen LogP contribution in [0.15, 0.2) is 24.5 Å². The minimum absolute atomic E-state index is 0.488. The van der Waals surface area contributed by atoms with E-state index in [1.807, 2.05) is 31.5 Å². The molecule has 2 saturated heterocycles. The zero-order chi connectivity index (χ0) is 22.1. The predicted molar refractivity (Wildman–Crippen MR) is 125 cm³/mol. The van der Waals surface area contributed by atoms with Crippen molar-refractivity contribution in [1.82, 2.24) is 29.6 Å². The van der Waals surface area contributed by atoms with Gasteiger partial charge in [0.05, 0.1) is 17.8 Å². The van der Waals surface area contributed by atoms with Crippen LogP contribution in [0.4, 0.5) is 5.95 Å². The molecule has 2 aliphatic rings. The lowest BCUT2D eigenvalue weighted by molar-refractivity contribution is 0.125. The third-order valence-corrected chi connectivity index (χ3v) is 6.99. The van der Waals surface area contributed by atoms with Gasteiger partial charge in [-0.05, 0) is 64.3 Å². The summed E-state index contributed by atoms with van der Waals surface area (Å²) < 4.78 is 7.72. The molecule has 0 aliphatic carbocycles. The molecule has 2 fully saturated rings. The van der Waals surface area contributed by atoms with E-state index in [0.717, 1.165) is 66.6 Å². The molecule has 8 nitrogen and oxygen atoms in total. The molecule has 0 bridgehead atoms. The van der Waals surface area contributed by atoms with Crippen LogP contribution in [-0.4, -0.2) is 68.5 Å². The van der Waals surface area contributed by atoms with Gasteiger partial charge in [-0.3, -0.25) is 4.90 Å². The highest BCUT2D eigenvalue weighted by Crippen LogP contribution is 2.30. The van der Waals surface area contributed by atoms with Crippen molar-refractivity contribution in [2.75, 3.05) is 37.7 Å². The Kier molecular flexibility index (Phi) is 5.95. The smallest absolute Gasteiger partial charge is 0.226 e. The van der Waals surface area contributed by atoms with Gasteiger partial charge < -0.3 is 14.2 Å². The monoisotopic (exact) mass is 435 g/mol. The summed E-state index contributed by atoms with van der Waals surface area (Å²) >= 11 is 0. The van der Waals surface area contributed by atoms with E-state index in [-0.39, 0.29) is 0 Å². The van der Waals surface area contributed by atoms with Gasteiger partial charge in [0.1, 0.15) is 17.9 Å². The lowest BCUT2D eigenvalue weighted by Gasteiger charge is -2.42. The zero-order valence-corrected chi connectivity index (χ0v) is 19.4. The van der Waals surface area contributed by atoms with Crippen LogP contribution >= 0.6 is 0 Å². The molecule has 8 heteroatoms. The average Bonchev–Trinajstić information content (AvgIpc) is 3.25. The van der Waals surface area contributed by atoms with Crippen molar-refractivity contribution in [3.63, 3.8) is 0 Å². The van der Waals surface area contributed by atoms with E-state index >= 15 is 0 Å². The molecule has 0 N–H and O–H groups in total. The van der Waals surface area contributed by atoms with Gasteiger partial charge in [-0.2, -0.15) is 0 Å². The summed E-state index contributed by atoms with van der Waals surface area (Å²) in [5.41, 5.74) is 2.00. The minimum Gasteiger partial charge on any atom is -0.494 e. The highest BCUT2D eigenvalue weighted by molar-refractivity contribution is 5.83. The SMILES string of the molecule is CCOc1ccc2nc(N3CCC(N4CCCC(c5nncn5C)C4)CC3)nc(C)c2c1. The molecule has 170 valence electrons. The Labute approximate surface area is 189 Å². The first-order valence-electron chi connectivity index (χ1n) is 11.9.